The highest BCUT2D eigenvalue weighted by molar-refractivity contribution is 5.97. The Morgan fingerprint density at radius 2 is 2.15 bits per heavy atom. The number of hydrogen-bond donors (Lipinski definition) is 4. The minimum absolute atomic E-state index is 0.0506. The van der Waals surface area contributed by atoms with Gasteiger partial charge >= 0.3 is 0 Å². The fraction of sp³-hybridized carbons (Fsp3) is 0.154. The predicted molar refractivity (Wildman–Crippen MR) is 73.4 cm³/mol. The van der Waals surface area contributed by atoms with Crippen LogP contribution in [0, 0.1) is 6.92 Å². The van der Waals surface area contributed by atoms with Crippen LogP contribution < -0.4 is 11.1 Å². The van der Waals surface area contributed by atoms with Crippen LogP contribution in [0.15, 0.2) is 35.6 Å². The molecule has 0 bridgehead atoms. The molecule has 1 amide bonds. The molecule has 0 fully saturated rings. The van der Waals surface area contributed by atoms with Crippen LogP contribution in [0.5, 0.6) is 0 Å². The van der Waals surface area contributed by atoms with Crippen LogP contribution in [0.2, 0.25) is 0 Å². The zero-order valence-corrected chi connectivity index (χ0v) is 10.9. The van der Waals surface area contributed by atoms with Crippen LogP contribution in [0.4, 0.5) is 0 Å². The summed E-state index contributed by atoms with van der Waals surface area (Å²) in [7, 11) is 0. The van der Waals surface area contributed by atoms with Gasteiger partial charge in [0.05, 0.1) is 11.8 Å². The maximum absolute atomic E-state index is 11.9. The van der Waals surface area contributed by atoms with Gasteiger partial charge in [0.1, 0.15) is 0 Å². The van der Waals surface area contributed by atoms with Crippen LogP contribution in [0.3, 0.4) is 0 Å². The summed E-state index contributed by atoms with van der Waals surface area (Å²) in [5, 5.41) is 20.8. The summed E-state index contributed by atoms with van der Waals surface area (Å²) in [6, 6.07) is 7.05. The number of aromatic amines is 1. The quantitative estimate of drug-likeness (QED) is 0.284. The number of aryl methyl sites for hydroxylation is 1. The lowest BCUT2D eigenvalue weighted by Crippen LogP contribution is -2.23. The van der Waals surface area contributed by atoms with E-state index in [4.69, 9.17) is 10.9 Å². The Hall–Kier alpha value is -2.83. The van der Waals surface area contributed by atoms with Gasteiger partial charge < -0.3 is 16.3 Å². The van der Waals surface area contributed by atoms with Crippen molar-refractivity contribution >= 4 is 11.7 Å². The molecule has 0 aliphatic carbocycles. The maximum atomic E-state index is 11.9. The van der Waals surface area contributed by atoms with Gasteiger partial charge in [-0.1, -0.05) is 29.4 Å². The van der Waals surface area contributed by atoms with Crippen molar-refractivity contribution in [3.05, 3.63) is 52.8 Å². The van der Waals surface area contributed by atoms with E-state index < -0.39 is 0 Å². The Balaban J connectivity index is 1.98. The van der Waals surface area contributed by atoms with Gasteiger partial charge in [-0.3, -0.25) is 9.89 Å². The number of carbonyl (C=O) groups is 1. The number of amidine groups is 1. The Labute approximate surface area is 115 Å². The van der Waals surface area contributed by atoms with Crippen molar-refractivity contribution in [1.82, 2.24) is 15.5 Å². The predicted octanol–water partition coefficient (Wildman–Crippen LogP) is 0.743. The molecule has 7 heteroatoms. The molecular weight excluding hydrogens is 258 g/mol. The molecule has 0 atom stereocenters. The smallest absolute Gasteiger partial charge is 0.255 e. The minimum atomic E-state index is -0.184. The molecule has 0 saturated heterocycles. The van der Waals surface area contributed by atoms with E-state index in [1.807, 2.05) is 0 Å². The lowest BCUT2D eigenvalue weighted by molar-refractivity contribution is 0.0950. The molecule has 5 N–H and O–H groups in total. The summed E-state index contributed by atoms with van der Waals surface area (Å²) in [5.74, 6) is -0.133. The van der Waals surface area contributed by atoms with E-state index in [0.717, 1.165) is 11.3 Å². The van der Waals surface area contributed by atoms with Crippen molar-refractivity contribution in [2.45, 2.75) is 13.5 Å². The van der Waals surface area contributed by atoms with Gasteiger partial charge in [0.25, 0.3) is 5.91 Å². The van der Waals surface area contributed by atoms with Crippen LogP contribution in [0.1, 0.15) is 27.2 Å². The number of aromatic nitrogens is 2. The largest absolute Gasteiger partial charge is 0.409 e. The molecule has 0 aliphatic heterocycles. The highest BCUT2D eigenvalue weighted by Gasteiger charge is 2.10. The van der Waals surface area contributed by atoms with E-state index in [9.17, 15) is 4.79 Å². The molecule has 0 spiro atoms. The minimum Gasteiger partial charge on any atom is -0.409 e. The van der Waals surface area contributed by atoms with E-state index in [0.29, 0.717) is 17.7 Å². The normalized spacial score (nSPS) is 11.3. The van der Waals surface area contributed by atoms with Gasteiger partial charge in [0, 0.05) is 17.8 Å². The molecule has 1 aromatic heterocycles. The van der Waals surface area contributed by atoms with Crippen molar-refractivity contribution in [2.75, 3.05) is 0 Å². The first kappa shape index (κ1) is 13.6. The molecule has 0 aliphatic rings. The van der Waals surface area contributed by atoms with Crippen molar-refractivity contribution in [3.8, 4) is 0 Å². The number of rotatable bonds is 4. The third kappa shape index (κ3) is 2.94. The van der Waals surface area contributed by atoms with Gasteiger partial charge in [-0.15, -0.1) is 0 Å². The molecular formula is C13H15N5O2. The highest BCUT2D eigenvalue weighted by atomic mass is 16.4. The van der Waals surface area contributed by atoms with Crippen LogP contribution >= 0.6 is 0 Å². The molecule has 0 radical (unpaired) electrons. The third-order valence-corrected chi connectivity index (χ3v) is 2.89. The molecule has 20 heavy (non-hydrogen) atoms. The lowest BCUT2D eigenvalue weighted by atomic mass is 10.1. The van der Waals surface area contributed by atoms with Gasteiger partial charge in [0.2, 0.25) is 0 Å². The second kappa shape index (κ2) is 5.87. The number of nitrogens with two attached hydrogens (primary N) is 1. The molecule has 2 rings (SSSR count). The van der Waals surface area contributed by atoms with Crippen LogP contribution in [-0.2, 0) is 6.54 Å². The van der Waals surface area contributed by atoms with Crippen molar-refractivity contribution in [2.24, 2.45) is 10.9 Å². The van der Waals surface area contributed by atoms with Crippen LogP contribution in [-0.4, -0.2) is 27.1 Å². The Bertz CT molecular complexity index is 630. The van der Waals surface area contributed by atoms with E-state index >= 15 is 0 Å². The highest BCUT2D eigenvalue weighted by Crippen LogP contribution is 2.06. The molecule has 7 nitrogen and oxygen atoms in total. The number of nitrogens with zero attached hydrogens (tertiary/aromatic N) is 2. The second-order valence-corrected chi connectivity index (χ2v) is 4.27. The summed E-state index contributed by atoms with van der Waals surface area (Å²) in [5.41, 5.74) is 8.25. The van der Waals surface area contributed by atoms with Crippen molar-refractivity contribution in [1.29, 1.82) is 0 Å². The molecule has 1 heterocycles. The van der Waals surface area contributed by atoms with Gasteiger partial charge in [-0.25, -0.2) is 0 Å². The topological polar surface area (TPSA) is 116 Å². The van der Waals surface area contributed by atoms with E-state index in [2.05, 4.69) is 20.7 Å². The Morgan fingerprint density at radius 1 is 1.45 bits per heavy atom. The number of carbonyl (C=O) groups excluding carboxylic acids is 1. The number of amides is 1. The third-order valence-electron chi connectivity index (χ3n) is 2.89. The van der Waals surface area contributed by atoms with Crippen LogP contribution in [0.25, 0.3) is 0 Å². The van der Waals surface area contributed by atoms with Crippen molar-refractivity contribution < 1.29 is 10.0 Å². The summed E-state index contributed by atoms with van der Waals surface area (Å²) < 4.78 is 0. The first-order chi connectivity index (χ1) is 9.61. The standard InChI is InChI=1S/C13H15N5O2/c1-8-11(7-16-17-8)13(19)15-6-9-2-4-10(5-3-9)12(14)18-20/h2-5,7,20H,6H2,1H3,(H2,14,18)(H,15,19)(H,16,17). The number of nitrogens with one attached hydrogen (secondary N) is 2. The van der Waals surface area contributed by atoms with E-state index in [1.54, 1.807) is 31.2 Å². The average Bonchev–Trinajstić information content (AvgIpc) is 2.90. The van der Waals surface area contributed by atoms with Gasteiger partial charge in [-0.05, 0) is 12.5 Å². The Morgan fingerprint density at radius 3 is 2.70 bits per heavy atom. The first-order valence-electron chi connectivity index (χ1n) is 5.97. The zero-order valence-electron chi connectivity index (χ0n) is 10.9. The number of H-pyrrole nitrogens is 1. The summed E-state index contributed by atoms with van der Waals surface area (Å²) in [6.07, 6.45) is 1.49. The lowest BCUT2D eigenvalue weighted by Gasteiger charge is -2.05. The maximum Gasteiger partial charge on any atom is 0.255 e. The molecule has 0 unspecified atom stereocenters. The number of benzene rings is 1. The first-order valence-corrected chi connectivity index (χ1v) is 5.97. The zero-order chi connectivity index (χ0) is 14.5. The number of hydrogen-bond acceptors (Lipinski definition) is 4. The summed E-state index contributed by atoms with van der Waals surface area (Å²) >= 11 is 0. The Kier molecular flexibility index (Phi) is 3.99. The monoisotopic (exact) mass is 273 g/mol. The SMILES string of the molecule is Cc1[nH]ncc1C(=O)NCc1ccc(C(N)=NO)cc1. The van der Waals surface area contributed by atoms with Gasteiger partial charge in [0.15, 0.2) is 5.84 Å². The molecule has 2 aromatic rings. The molecule has 1 aromatic carbocycles. The average molecular weight is 273 g/mol. The van der Waals surface area contributed by atoms with E-state index in [1.165, 1.54) is 6.20 Å². The summed E-state index contributed by atoms with van der Waals surface area (Å²) in [6.45, 7) is 2.17. The fourth-order valence-electron chi connectivity index (χ4n) is 1.71. The second-order valence-electron chi connectivity index (χ2n) is 4.27. The fourth-order valence-corrected chi connectivity index (χ4v) is 1.71. The molecule has 0 saturated carbocycles. The van der Waals surface area contributed by atoms with Gasteiger partial charge in [-0.2, -0.15) is 5.10 Å². The van der Waals surface area contributed by atoms with Crippen molar-refractivity contribution in [3.63, 3.8) is 0 Å². The molecule has 104 valence electrons. The van der Waals surface area contributed by atoms with E-state index in [-0.39, 0.29) is 11.7 Å². The summed E-state index contributed by atoms with van der Waals surface area (Å²) in [4.78, 5) is 11.9. The number of oxime groups is 1.